The highest BCUT2D eigenvalue weighted by Gasteiger charge is 2.34. The average Bonchev–Trinajstić information content (AvgIpc) is 2.33. The third-order valence-corrected chi connectivity index (χ3v) is 3.09. The fraction of sp³-hybridized carbons (Fsp3) is 0.538. The van der Waals surface area contributed by atoms with Crippen LogP contribution in [-0.2, 0) is 0 Å². The van der Waals surface area contributed by atoms with E-state index >= 15 is 0 Å². The maximum absolute atomic E-state index is 10.2. The summed E-state index contributed by atoms with van der Waals surface area (Å²) in [5.41, 5.74) is 0. The zero-order valence-corrected chi connectivity index (χ0v) is 9.93. The second-order valence-electron chi connectivity index (χ2n) is 4.46. The van der Waals surface area contributed by atoms with E-state index in [1.54, 1.807) is 19.2 Å². The molecule has 0 amide bonds. The second-order valence-corrected chi connectivity index (χ2v) is 4.46. The van der Waals surface area contributed by atoms with Crippen LogP contribution in [0.4, 0.5) is 0 Å². The Bertz CT molecular complexity index is 369. The maximum atomic E-state index is 10.2. The van der Waals surface area contributed by atoms with E-state index in [0.29, 0.717) is 37.2 Å². The molecule has 2 rings (SSSR count). The Labute approximate surface area is 101 Å². The van der Waals surface area contributed by atoms with Crippen molar-refractivity contribution in [1.82, 2.24) is 0 Å². The zero-order chi connectivity index (χ0) is 12.3. The number of ether oxygens (including phenoxy) is 2. The molecule has 0 bridgehead atoms. The van der Waals surface area contributed by atoms with Crippen molar-refractivity contribution in [3.63, 3.8) is 0 Å². The van der Waals surface area contributed by atoms with Gasteiger partial charge in [-0.3, -0.25) is 0 Å². The highest BCUT2D eigenvalue weighted by atomic mass is 16.6. The Balaban J connectivity index is 2.04. The van der Waals surface area contributed by atoms with Gasteiger partial charge in [0, 0.05) is 18.9 Å². The molecule has 4 heteroatoms. The molecule has 4 nitrogen and oxygen atoms in total. The molecule has 1 aliphatic rings. The molecule has 94 valence electrons. The van der Waals surface area contributed by atoms with Crippen molar-refractivity contribution in [3.05, 3.63) is 24.3 Å². The van der Waals surface area contributed by atoms with Crippen molar-refractivity contribution in [1.29, 1.82) is 0 Å². The summed E-state index contributed by atoms with van der Waals surface area (Å²) >= 11 is 0. The van der Waals surface area contributed by atoms with Crippen LogP contribution in [-0.4, -0.2) is 29.2 Å². The summed E-state index contributed by atoms with van der Waals surface area (Å²) in [6, 6.07) is 7.16. The predicted molar refractivity (Wildman–Crippen MR) is 63.0 cm³/mol. The summed E-state index contributed by atoms with van der Waals surface area (Å²) in [6.07, 6.45) is 1.72. The summed E-state index contributed by atoms with van der Waals surface area (Å²) in [4.78, 5) is 0. The van der Waals surface area contributed by atoms with Crippen molar-refractivity contribution in [3.8, 4) is 11.5 Å². The van der Waals surface area contributed by atoms with E-state index in [-0.39, 0.29) is 6.10 Å². The molecule has 0 aromatic heterocycles. The molecule has 2 N–H and O–H groups in total. The van der Waals surface area contributed by atoms with Crippen LogP contribution >= 0.6 is 0 Å². The number of hydrogen-bond acceptors (Lipinski definition) is 4. The van der Waals surface area contributed by atoms with Gasteiger partial charge in [0.2, 0.25) is 5.79 Å². The average molecular weight is 238 g/mol. The Morgan fingerprint density at radius 3 is 2.53 bits per heavy atom. The third kappa shape index (κ3) is 3.11. The molecule has 0 aliphatic heterocycles. The standard InChI is InChI=1S/C13H18O4/c1-16-11-3-2-4-12(9-11)17-13(15)7-5-10(14)6-8-13/h2-4,9-10,14-15H,5-8H2,1H3. The van der Waals surface area contributed by atoms with Crippen LogP contribution in [0.3, 0.4) is 0 Å². The molecule has 0 heterocycles. The molecule has 0 saturated heterocycles. The van der Waals surface area contributed by atoms with E-state index in [1.807, 2.05) is 12.1 Å². The summed E-state index contributed by atoms with van der Waals surface area (Å²) in [7, 11) is 1.59. The number of aliphatic hydroxyl groups excluding tert-OH is 1. The lowest BCUT2D eigenvalue weighted by atomic mass is 9.92. The van der Waals surface area contributed by atoms with Gasteiger partial charge in [0.15, 0.2) is 0 Å². The summed E-state index contributed by atoms with van der Waals surface area (Å²) in [6.45, 7) is 0. The number of rotatable bonds is 3. The molecular formula is C13H18O4. The first-order valence-electron chi connectivity index (χ1n) is 5.85. The van der Waals surface area contributed by atoms with Crippen LogP contribution in [0.1, 0.15) is 25.7 Å². The Kier molecular flexibility index (Phi) is 3.54. The van der Waals surface area contributed by atoms with E-state index in [9.17, 15) is 10.2 Å². The van der Waals surface area contributed by atoms with Crippen molar-refractivity contribution < 1.29 is 19.7 Å². The Morgan fingerprint density at radius 2 is 1.88 bits per heavy atom. The van der Waals surface area contributed by atoms with Crippen molar-refractivity contribution in [2.24, 2.45) is 0 Å². The topological polar surface area (TPSA) is 58.9 Å². The maximum Gasteiger partial charge on any atom is 0.208 e. The first-order valence-corrected chi connectivity index (χ1v) is 5.85. The predicted octanol–water partition coefficient (Wildman–Crippen LogP) is 1.70. The molecule has 1 aliphatic carbocycles. The van der Waals surface area contributed by atoms with Crippen LogP contribution < -0.4 is 9.47 Å². The zero-order valence-electron chi connectivity index (χ0n) is 9.93. The molecule has 1 saturated carbocycles. The van der Waals surface area contributed by atoms with E-state index in [1.165, 1.54) is 0 Å². The Morgan fingerprint density at radius 1 is 1.24 bits per heavy atom. The lowest BCUT2D eigenvalue weighted by Crippen LogP contribution is -2.41. The minimum atomic E-state index is -1.16. The van der Waals surface area contributed by atoms with Gasteiger partial charge in [-0.15, -0.1) is 0 Å². The highest BCUT2D eigenvalue weighted by Crippen LogP contribution is 2.32. The third-order valence-electron chi connectivity index (χ3n) is 3.09. The van der Waals surface area contributed by atoms with Gasteiger partial charge in [0.05, 0.1) is 13.2 Å². The Hall–Kier alpha value is -1.26. The van der Waals surface area contributed by atoms with Gasteiger partial charge in [-0.2, -0.15) is 0 Å². The number of methoxy groups -OCH3 is 1. The van der Waals surface area contributed by atoms with Crippen LogP contribution in [0.2, 0.25) is 0 Å². The van der Waals surface area contributed by atoms with Crippen LogP contribution in [0.5, 0.6) is 11.5 Å². The lowest BCUT2D eigenvalue weighted by molar-refractivity contribution is -0.171. The number of aliphatic hydroxyl groups is 2. The van der Waals surface area contributed by atoms with Crippen molar-refractivity contribution >= 4 is 0 Å². The largest absolute Gasteiger partial charge is 0.497 e. The molecule has 1 aromatic carbocycles. The van der Waals surface area contributed by atoms with E-state index in [2.05, 4.69) is 0 Å². The molecule has 0 unspecified atom stereocenters. The smallest absolute Gasteiger partial charge is 0.208 e. The quantitative estimate of drug-likeness (QED) is 0.787. The van der Waals surface area contributed by atoms with Gasteiger partial charge >= 0.3 is 0 Å². The van der Waals surface area contributed by atoms with Crippen molar-refractivity contribution in [2.45, 2.75) is 37.6 Å². The molecular weight excluding hydrogens is 220 g/mol. The van der Waals surface area contributed by atoms with Crippen LogP contribution in [0.25, 0.3) is 0 Å². The van der Waals surface area contributed by atoms with Gasteiger partial charge in [0.25, 0.3) is 0 Å². The number of benzene rings is 1. The van der Waals surface area contributed by atoms with Crippen LogP contribution in [0, 0.1) is 0 Å². The minimum absolute atomic E-state index is 0.316. The molecule has 0 atom stereocenters. The summed E-state index contributed by atoms with van der Waals surface area (Å²) in [5, 5.41) is 19.6. The van der Waals surface area contributed by atoms with Crippen molar-refractivity contribution in [2.75, 3.05) is 7.11 Å². The van der Waals surface area contributed by atoms with E-state index in [0.717, 1.165) is 0 Å². The van der Waals surface area contributed by atoms with Gasteiger partial charge in [-0.25, -0.2) is 0 Å². The number of hydrogen-bond donors (Lipinski definition) is 2. The highest BCUT2D eigenvalue weighted by molar-refractivity contribution is 5.33. The molecule has 0 radical (unpaired) electrons. The van der Waals surface area contributed by atoms with E-state index in [4.69, 9.17) is 9.47 Å². The van der Waals surface area contributed by atoms with Gasteiger partial charge in [-0.1, -0.05) is 6.07 Å². The molecule has 1 fully saturated rings. The van der Waals surface area contributed by atoms with Gasteiger partial charge in [-0.05, 0) is 25.0 Å². The second kappa shape index (κ2) is 4.94. The summed E-state index contributed by atoms with van der Waals surface area (Å²) in [5.74, 6) is 0.121. The minimum Gasteiger partial charge on any atom is -0.497 e. The molecule has 0 spiro atoms. The van der Waals surface area contributed by atoms with Crippen LogP contribution in [0.15, 0.2) is 24.3 Å². The van der Waals surface area contributed by atoms with Gasteiger partial charge in [0.1, 0.15) is 11.5 Å². The normalized spacial score (nSPS) is 28.8. The summed E-state index contributed by atoms with van der Waals surface area (Å²) < 4.78 is 10.7. The first kappa shape index (κ1) is 12.2. The fourth-order valence-corrected chi connectivity index (χ4v) is 2.04. The molecule has 1 aromatic rings. The first-order chi connectivity index (χ1) is 8.11. The lowest BCUT2D eigenvalue weighted by Gasteiger charge is -2.34. The monoisotopic (exact) mass is 238 g/mol. The van der Waals surface area contributed by atoms with E-state index < -0.39 is 5.79 Å². The molecule has 17 heavy (non-hydrogen) atoms. The fourth-order valence-electron chi connectivity index (χ4n) is 2.04. The van der Waals surface area contributed by atoms with Gasteiger partial charge < -0.3 is 19.7 Å². The SMILES string of the molecule is COc1cccc(OC2(O)CCC(O)CC2)c1.